The van der Waals surface area contributed by atoms with Crippen molar-refractivity contribution >= 4 is 6.01 Å². The van der Waals surface area contributed by atoms with Crippen molar-refractivity contribution in [2.24, 2.45) is 0 Å². The summed E-state index contributed by atoms with van der Waals surface area (Å²) in [5, 5.41) is 7.15. The standard InChI is InChI=1S/C22H30N4O4/c1-5-11-26(12-6-2)15-18-9-8-17(29-18)14-23-22-24-21(25-30-22)16-7-10-19(27-3)20(13-16)28-4/h7-10,13H,5-6,11-12,14-15H2,1-4H3,(H,23,24,25). The molecule has 3 rings (SSSR count). The molecule has 2 aromatic heterocycles. The number of hydrogen-bond acceptors (Lipinski definition) is 8. The van der Waals surface area contributed by atoms with Gasteiger partial charge in [0.05, 0.1) is 27.3 Å². The fourth-order valence-electron chi connectivity index (χ4n) is 3.28. The molecule has 8 heteroatoms. The first-order chi connectivity index (χ1) is 14.7. The van der Waals surface area contributed by atoms with Crippen molar-refractivity contribution in [3.05, 3.63) is 41.9 Å². The third kappa shape index (κ3) is 5.54. The summed E-state index contributed by atoms with van der Waals surface area (Å²) >= 11 is 0. The first-order valence-corrected chi connectivity index (χ1v) is 10.3. The molecule has 162 valence electrons. The summed E-state index contributed by atoms with van der Waals surface area (Å²) < 4.78 is 21.8. The van der Waals surface area contributed by atoms with Gasteiger partial charge in [0.25, 0.3) is 0 Å². The summed E-state index contributed by atoms with van der Waals surface area (Å²) in [5.74, 6) is 3.51. The topological polar surface area (TPSA) is 85.8 Å². The molecule has 0 aliphatic rings. The molecular weight excluding hydrogens is 384 g/mol. The van der Waals surface area contributed by atoms with Crippen LogP contribution in [0.5, 0.6) is 11.5 Å². The van der Waals surface area contributed by atoms with Crippen LogP contribution < -0.4 is 14.8 Å². The van der Waals surface area contributed by atoms with Crippen LogP contribution in [0.25, 0.3) is 11.4 Å². The van der Waals surface area contributed by atoms with Gasteiger partial charge in [-0.25, -0.2) is 0 Å². The molecule has 0 atom stereocenters. The SMILES string of the molecule is CCCN(CCC)Cc1ccc(CNc2nc(-c3ccc(OC)c(OC)c3)no2)o1. The van der Waals surface area contributed by atoms with E-state index in [-0.39, 0.29) is 0 Å². The molecule has 2 heterocycles. The van der Waals surface area contributed by atoms with Gasteiger partial charge in [0.15, 0.2) is 11.5 Å². The second kappa shape index (κ2) is 10.7. The predicted molar refractivity (Wildman–Crippen MR) is 115 cm³/mol. The van der Waals surface area contributed by atoms with E-state index in [1.54, 1.807) is 14.2 Å². The maximum atomic E-state index is 5.95. The zero-order chi connectivity index (χ0) is 21.3. The average molecular weight is 415 g/mol. The maximum absolute atomic E-state index is 5.95. The molecule has 0 aliphatic heterocycles. The predicted octanol–water partition coefficient (Wildman–Crippen LogP) is 4.58. The van der Waals surface area contributed by atoms with Gasteiger partial charge in [-0.15, -0.1) is 0 Å². The van der Waals surface area contributed by atoms with Crippen molar-refractivity contribution in [1.82, 2.24) is 15.0 Å². The minimum absolute atomic E-state index is 0.330. The normalized spacial score (nSPS) is 11.1. The van der Waals surface area contributed by atoms with E-state index in [2.05, 4.69) is 34.2 Å². The number of anilines is 1. The van der Waals surface area contributed by atoms with E-state index in [4.69, 9.17) is 18.4 Å². The molecule has 0 saturated carbocycles. The lowest BCUT2D eigenvalue weighted by Gasteiger charge is -2.19. The van der Waals surface area contributed by atoms with E-state index in [1.165, 1.54) is 0 Å². The number of hydrogen-bond donors (Lipinski definition) is 1. The van der Waals surface area contributed by atoms with E-state index in [1.807, 2.05) is 30.3 Å². The lowest BCUT2D eigenvalue weighted by atomic mass is 10.2. The smallest absolute Gasteiger partial charge is 0.322 e. The van der Waals surface area contributed by atoms with Crippen LogP contribution in [0.4, 0.5) is 6.01 Å². The van der Waals surface area contributed by atoms with Gasteiger partial charge in [0, 0.05) is 5.56 Å². The van der Waals surface area contributed by atoms with Crippen LogP contribution in [0.1, 0.15) is 38.2 Å². The summed E-state index contributed by atoms with van der Waals surface area (Å²) in [4.78, 5) is 6.80. The molecule has 0 fully saturated rings. The molecule has 0 amide bonds. The second-order valence-electron chi connectivity index (χ2n) is 6.99. The third-order valence-electron chi connectivity index (χ3n) is 4.66. The molecular formula is C22H30N4O4. The number of nitrogens with zero attached hydrogens (tertiary/aromatic N) is 3. The first kappa shape index (κ1) is 21.7. The Bertz CT molecular complexity index is 916. The molecule has 1 aromatic carbocycles. The van der Waals surface area contributed by atoms with Crippen LogP contribution in [-0.4, -0.2) is 42.3 Å². The summed E-state index contributed by atoms with van der Waals surface area (Å²) in [6.07, 6.45) is 2.27. The van der Waals surface area contributed by atoms with Gasteiger partial charge in [-0.2, -0.15) is 4.98 Å². The molecule has 3 aromatic rings. The summed E-state index contributed by atoms with van der Waals surface area (Å²) in [5.41, 5.74) is 0.775. The lowest BCUT2D eigenvalue weighted by molar-refractivity contribution is 0.242. The van der Waals surface area contributed by atoms with E-state index in [0.29, 0.717) is 29.9 Å². The maximum Gasteiger partial charge on any atom is 0.322 e. The molecule has 0 bridgehead atoms. The Labute approximate surface area is 177 Å². The van der Waals surface area contributed by atoms with E-state index in [9.17, 15) is 0 Å². The van der Waals surface area contributed by atoms with Crippen LogP contribution in [0.3, 0.4) is 0 Å². The average Bonchev–Trinajstić information content (AvgIpc) is 3.41. The highest BCUT2D eigenvalue weighted by molar-refractivity contribution is 5.61. The first-order valence-electron chi connectivity index (χ1n) is 10.3. The minimum Gasteiger partial charge on any atom is -0.493 e. The Kier molecular flexibility index (Phi) is 7.73. The monoisotopic (exact) mass is 414 g/mol. The Morgan fingerprint density at radius 2 is 1.70 bits per heavy atom. The summed E-state index contributed by atoms with van der Waals surface area (Å²) in [6, 6.07) is 9.80. The molecule has 1 N–H and O–H groups in total. The summed E-state index contributed by atoms with van der Waals surface area (Å²) in [7, 11) is 3.19. The van der Waals surface area contributed by atoms with Gasteiger partial charge in [0.2, 0.25) is 5.82 Å². The number of rotatable bonds is 12. The van der Waals surface area contributed by atoms with Crippen molar-refractivity contribution in [3.8, 4) is 22.9 Å². The minimum atomic E-state index is 0.330. The summed E-state index contributed by atoms with van der Waals surface area (Å²) in [6.45, 7) is 7.83. The second-order valence-corrected chi connectivity index (χ2v) is 6.99. The molecule has 30 heavy (non-hydrogen) atoms. The number of methoxy groups -OCH3 is 2. The molecule has 0 aliphatic carbocycles. The molecule has 0 unspecified atom stereocenters. The fourth-order valence-corrected chi connectivity index (χ4v) is 3.28. The third-order valence-corrected chi connectivity index (χ3v) is 4.66. The zero-order valence-electron chi connectivity index (χ0n) is 18.1. The molecule has 8 nitrogen and oxygen atoms in total. The fraction of sp³-hybridized carbons (Fsp3) is 0.455. The van der Waals surface area contributed by atoms with Crippen molar-refractivity contribution in [3.63, 3.8) is 0 Å². The van der Waals surface area contributed by atoms with E-state index >= 15 is 0 Å². The Morgan fingerprint density at radius 1 is 0.967 bits per heavy atom. The van der Waals surface area contributed by atoms with Crippen molar-refractivity contribution in [2.45, 2.75) is 39.8 Å². The van der Waals surface area contributed by atoms with Gasteiger partial charge >= 0.3 is 6.01 Å². The lowest BCUT2D eigenvalue weighted by Crippen LogP contribution is -2.24. The number of nitrogens with one attached hydrogen (secondary N) is 1. The van der Waals surface area contributed by atoms with Gasteiger partial charge in [0.1, 0.15) is 11.5 Å². The molecule has 0 radical (unpaired) electrons. The highest BCUT2D eigenvalue weighted by atomic mass is 16.5. The Morgan fingerprint density at radius 3 is 2.40 bits per heavy atom. The van der Waals surface area contributed by atoms with Crippen LogP contribution >= 0.6 is 0 Å². The largest absolute Gasteiger partial charge is 0.493 e. The number of aromatic nitrogens is 2. The van der Waals surface area contributed by atoms with Crippen molar-refractivity contribution in [1.29, 1.82) is 0 Å². The number of furan rings is 1. The quantitative estimate of drug-likeness (QED) is 0.461. The molecule has 0 spiro atoms. The van der Waals surface area contributed by atoms with Crippen LogP contribution in [-0.2, 0) is 13.1 Å². The highest BCUT2D eigenvalue weighted by Gasteiger charge is 2.13. The van der Waals surface area contributed by atoms with Crippen LogP contribution in [0, 0.1) is 0 Å². The van der Waals surface area contributed by atoms with E-state index in [0.717, 1.165) is 49.6 Å². The van der Waals surface area contributed by atoms with Gasteiger partial charge in [-0.05, 0) is 56.3 Å². The van der Waals surface area contributed by atoms with Crippen molar-refractivity contribution in [2.75, 3.05) is 32.6 Å². The van der Waals surface area contributed by atoms with Crippen LogP contribution in [0.15, 0.2) is 39.3 Å². The van der Waals surface area contributed by atoms with E-state index < -0.39 is 0 Å². The van der Waals surface area contributed by atoms with Gasteiger partial charge in [-0.1, -0.05) is 19.0 Å². The number of ether oxygens (including phenoxy) is 2. The zero-order valence-corrected chi connectivity index (χ0v) is 18.1. The van der Waals surface area contributed by atoms with Gasteiger partial charge in [-0.3, -0.25) is 4.90 Å². The molecule has 0 saturated heterocycles. The number of benzene rings is 1. The highest BCUT2D eigenvalue weighted by Crippen LogP contribution is 2.31. The van der Waals surface area contributed by atoms with Crippen molar-refractivity contribution < 1.29 is 18.4 Å². The van der Waals surface area contributed by atoms with Gasteiger partial charge < -0.3 is 23.7 Å². The Hall–Kier alpha value is -3.00. The van der Waals surface area contributed by atoms with Crippen LogP contribution in [0.2, 0.25) is 0 Å². The Balaban J connectivity index is 1.59.